The van der Waals surface area contributed by atoms with E-state index in [2.05, 4.69) is 63.1 Å². The van der Waals surface area contributed by atoms with Crippen molar-refractivity contribution < 1.29 is 5.11 Å². The summed E-state index contributed by atoms with van der Waals surface area (Å²) >= 11 is 1.81. The van der Waals surface area contributed by atoms with Crippen LogP contribution in [0.2, 0.25) is 0 Å². The highest BCUT2D eigenvalue weighted by Crippen LogP contribution is 2.47. The Labute approximate surface area is 207 Å². The van der Waals surface area contributed by atoms with E-state index in [1.54, 1.807) is 0 Å². The number of anilines is 1. The van der Waals surface area contributed by atoms with Crippen molar-refractivity contribution in [3.8, 4) is 11.3 Å². The number of aliphatic hydroxyl groups excluding tert-OH is 1. The van der Waals surface area contributed by atoms with E-state index in [-0.39, 0.29) is 10.8 Å². The van der Waals surface area contributed by atoms with E-state index in [0.717, 1.165) is 31.1 Å². The molecule has 2 aliphatic rings. The number of hydrogen-bond donors (Lipinski definition) is 1. The maximum Gasteiger partial charge on any atom is 0.185 e. The first-order chi connectivity index (χ1) is 15.7. The first kappa shape index (κ1) is 27.9. The number of fused-ring (bicyclic) bond motifs is 1. The first-order valence-electron chi connectivity index (χ1n) is 13.2. The van der Waals surface area contributed by atoms with Crippen LogP contribution in [-0.4, -0.2) is 29.8 Å². The number of rotatable bonds is 4. The molecule has 1 aliphatic carbocycles. The van der Waals surface area contributed by atoms with Crippen molar-refractivity contribution in [3.05, 3.63) is 34.7 Å². The van der Waals surface area contributed by atoms with Gasteiger partial charge in [0.05, 0.1) is 5.69 Å². The van der Waals surface area contributed by atoms with Crippen molar-refractivity contribution in [1.82, 2.24) is 4.98 Å². The molecule has 1 aliphatic heterocycles. The summed E-state index contributed by atoms with van der Waals surface area (Å²) in [7, 11) is 0. The summed E-state index contributed by atoms with van der Waals surface area (Å²) in [6.45, 7) is 20.5. The van der Waals surface area contributed by atoms with Gasteiger partial charge in [-0.2, -0.15) is 0 Å². The Balaban J connectivity index is 0.000000582. The lowest BCUT2D eigenvalue weighted by molar-refractivity contribution is 0.295. The molecule has 0 unspecified atom stereocenters. The van der Waals surface area contributed by atoms with Crippen LogP contribution in [0.1, 0.15) is 105 Å². The summed E-state index contributed by atoms with van der Waals surface area (Å²) < 4.78 is 0. The number of aliphatic hydroxyl groups is 1. The molecule has 0 radical (unpaired) electrons. The summed E-state index contributed by atoms with van der Waals surface area (Å²) in [5, 5.41) is 11.3. The zero-order valence-electron chi connectivity index (χ0n) is 22.5. The highest BCUT2D eigenvalue weighted by atomic mass is 32.1. The summed E-state index contributed by atoms with van der Waals surface area (Å²) in [6.07, 6.45) is 7.34. The van der Waals surface area contributed by atoms with Crippen LogP contribution in [0.3, 0.4) is 0 Å². The molecule has 4 rings (SSSR count). The Morgan fingerprint density at radius 2 is 1.58 bits per heavy atom. The van der Waals surface area contributed by atoms with Crippen molar-refractivity contribution in [2.75, 3.05) is 24.6 Å². The molecule has 4 heteroatoms. The number of nitrogens with zero attached hydrogens (tertiary/aromatic N) is 2. The fourth-order valence-electron chi connectivity index (χ4n) is 4.82. The van der Waals surface area contributed by atoms with Gasteiger partial charge in [0.1, 0.15) is 0 Å². The molecule has 1 fully saturated rings. The fourth-order valence-corrected chi connectivity index (χ4v) is 5.71. The van der Waals surface area contributed by atoms with Gasteiger partial charge in [-0.3, -0.25) is 0 Å². The predicted octanol–water partition coefficient (Wildman–Crippen LogP) is 8.20. The van der Waals surface area contributed by atoms with Gasteiger partial charge in [-0.15, -0.1) is 11.3 Å². The second kappa shape index (κ2) is 12.4. The zero-order chi connectivity index (χ0) is 24.6. The van der Waals surface area contributed by atoms with Gasteiger partial charge in [0, 0.05) is 30.6 Å². The maximum absolute atomic E-state index is 7.88. The molecule has 0 amide bonds. The number of benzene rings is 1. The molecule has 0 bridgehead atoms. The molecule has 2 heterocycles. The highest BCUT2D eigenvalue weighted by molar-refractivity contribution is 7.14. The van der Waals surface area contributed by atoms with Gasteiger partial charge in [0.2, 0.25) is 0 Å². The van der Waals surface area contributed by atoms with Crippen molar-refractivity contribution in [2.24, 2.45) is 5.92 Å². The molecule has 0 spiro atoms. The van der Waals surface area contributed by atoms with Gasteiger partial charge in [-0.05, 0) is 66.0 Å². The van der Waals surface area contributed by atoms with E-state index >= 15 is 0 Å². The van der Waals surface area contributed by atoms with Crippen LogP contribution in [0.15, 0.2) is 23.6 Å². The van der Waals surface area contributed by atoms with E-state index in [1.807, 2.05) is 32.1 Å². The average molecular weight is 473 g/mol. The maximum atomic E-state index is 7.88. The lowest BCUT2D eigenvalue weighted by Crippen LogP contribution is -2.33. The van der Waals surface area contributed by atoms with E-state index in [4.69, 9.17) is 10.1 Å². The molecule has 1 aromatic carbocycles. The van der Waals surface area contributed by atoms with E-state index in [9.17, 15) is 0 Å². The van der Waals surface area contributed by atoms with E-state index < -0.39 is 0 Å². The van der Waals surface area contributed by atoms with Gasteiger partial charge in [-0.25, -0.2) is 4.98 Å². The minimum absolute atomic E-state index is 0.252. The van der Waals surface area contributed by atoms with Crippen LogP contribution in [0.4, 0.5) is 5.13 Å². The van der Waals surface area contributed by atoms with Crippen LogP contribution < -0.4 is 4.90 Å². The molecular weight excluding hydrogens is 424 g/mol. The summed E-state index contributed by atoms with van der Waals surface area (Å²) in [6, 6.07) is 7.10. The molecule has 0 atom stereocenters. The molecule has 2 aromatic rings. The Hall–Kier alpha value is -1.39. The third-order valence-electron chi connectivity index (χ3n) is 7.33. The smallest absolute Gasteiger partial charge is 0.185 e. The quantitative estimate of drug-likeness (QED) is 0.487. The second-order valence-corrected chi connectivity index (χ2v) is 11.4. The monoisotopic (exact) mass is 472 g/mol. The molecule has 1 N–H and O–H groups in total. The standard InChI is InChI=1S/C24H34N2S.C3H8O.C2H6/c1-6-17-9-13-26(14-10-17)22-25-21(16-27-22)18-7-8-19-20(15-18)24(4,5)12-11-23(19,2)3;1-2-3-4;1-2/h7-8,15-17H,6,9-14H2,1-5H3;4H,2-3H2,1H3;1-2H3. The van der Waals surface area contributed by atoms with E-state index in [0.29, 0.717) is 6.61 Å². The van der Waals surface area contributed by atoms with Crippen LogP contribution in [0.25, 0.3) is 11.3 Å². The third kappa shape index (κ3) is 6.82. The normalized spacial score (nSPS) is 19.0. The Bertz CT molecular complexity index is 845. The second-order valence-electron chi connectivity index (χ2n) is 10.6. The van der Waals surface area contributed by atoms with Crippen LogP contribution in [-0.2, 0) is 10.8 Å². The van der Waals surface area contributed by atoms with Crippen molar-refractivity contribution >= 4 is 16.5 Å². The van der Waals surface area contributed by atoms with Crippen LogP contribution in [0, 0.1) is 5.92 Å². The average Bonchev–Trinajstić information content (AvgIpc) is 3.34. The largest absolute Gasteiger partial charge is 0.396 e. The summed E-state index contributed by atoms with van der Waals surface area (Å²) in [5.41, 5.74) is 6.01. The summed E-state index contributed by atoms with van der Waals surface area (Å²) in [4.78, 5) is 7.52. The SMILES string of the molecule is CC.CCC1CCN(c2nc(-c3ccc4c(c3)C(C)(C)CCC4(C)C)cs2)CC1.CCCO. The number of piperidine rings is 1. The first-order valence-corrected chi connectivity index (χ1v) is 14.1. The van der Waals surface area contributed by atoms with Crippen LogP contribution >= 0.6 is 11.3 Å². The van der Waals surface area contributed by atoms with Crippen LogP contribution in [0.5, 0.6) is 0 Å². The lowest BCUT2D eigenvalue weighted by Gasteiger charge is -2.42. The molecule has 186 valence electrons. The Morgan fingerprint density at radius 1 is 1.00 bits per heavy atom. The Kier molecular flexibility index (Phi) is 10.4. The summed E-state index contributed by atoms with van der Waals surface area (Å²) in [5.74, 6) is 0.909. The molecule has 0 saturated carbocycles. The predicted molar refractivity (Wildman–Crippen MR) is 147 cm³/mol. The molecule has 33 heavy (non-hydrogen) atoms. The third-order valence-corrected chi connectivity index (χ3v) is 8.23. The van der Waals surface area contributed by atoms with Crippen molar-refractivity contribution in [1.29, 1.82) is 0 Å². The molecule has 3 nitrogen and oxygen atoms in total. The van der Waals surface area contributed by atoms with Gasteiger partial charge >= 0.3 is 0 Å². The van der Waals surface area contributed by atoms with E-state index in [1.165, 1.54) is 53.9 Å². The molecular formula is C29H48N2OS. The van der Waals surface area contributed by atoms with Crippen molar-refractivity contribution in [2.45, 2.75) is 105 Å². The minimum Gasteiger partial charge on any atom is -0.396 e. The number of thiazole rings is 1. The highest BCUT2D eigenvalue weighted by Gasteiger charge is 2.37. The van der Waals surface area contributed by atoms with Gasteiger partial charge < -0.3 is 10.0 Å². The Morgan fingerprint density at radius 3 is 2.12 bits per heavy atom. The topological polar surface area (TPSA) is 36.4 Å². The van der Waals surface area contributed by atoms with Crippen molar-refractivity contribution in [3.63, 3.8) is 0 Å². The number of aromatic nitrogens is 1. The molecule has 1 saturated heterocycles. The molecule has 1 aromatic heterocycles. The van der Waals surface area contributed by atoms with Gasteiger partial charge in [0.15, 0.2) is 5.13 Å². The fraction of sp³-hybridized carbons (Fsp3) is 0.690. The number of hydrogen-bond acceptors (Lipinski definition) is 4. The minimum atomic E-state index is 0.252. The van der Waals surface area contributed by atoms with Gasteiger partial charge in [-0.1, -0.05) is 73.9 Å². The van der Waals surface area contributed by atoms with Gasteiger partial charge in [0.25, 0.3) is 0 Å². The lowest BCUT2D eigenvalue weighted by atomic mass is 9.63. The zero-order valence-corrected chi connectivity index (χ0v) is 23.3.